The van der Waals surface area contributed by atoms with E-state index in [0.29, 0.717) is 12.8 Å². The molecule has 8 nitrogen and oxygen atoms in total. The Balaban J connectivity index is 4.31. The van der Waals surface area contributed by atoms with Crippen LogP contribution in [0, 0.1) is 0 Å². The van der Waals surface area contributed by atoms with E-state index in [1.165, 1.54) is 70.6 Å². The molecule has 0 amide bonds. The first-order valence-electron chi connectivity index (χ1n) is 19.7. The van der Waals surface area contributed by atoms with Crippen molar-refractivity contribution in [3.8, 4) is 0 Å². The van der Waals surface area contributed by atoms with Crippen molar-refractivity contribution in [3.05, 3.63) is 48.6 Å². The number of carboxylic acid groups (broad SMARTS) is 1. The van der Waals surface area contributed by atoms with Crippen LogP contribution in [0.1, 0.15) is 149 Å². The molecule has 2 atom stereocenters. The van der Waals surface area contributed by atoms with Crippen molar-refractivity contribution in [2.24, 2.45) is 0 Å². The van der Waals surface area contributed by atoms with Crippen molar-refractivity contribution in [3.63, 3.8) is 0 Å². The third-order valence-corrected chi connectivity index (χ3v) is 8.49. The van der Waals surface area contributed by atoms with E-state index in [1.54, 1.807) is 21.1 Å². The molecule has 0 aromatic carbocycles. The molecule has 0 rings (SSSR count). The summed E-state index contributed by atoms with van der Waals surface area (Å²) in [6.45, 7) is 4.40. The van der Waals surface area contributed by atoms with Gasteiger partial charge in [-0.05, 0) is 51.4 Å². The standard InChI is InChI=1S/C42H73NO7/c1-6-8-10-12-14-15-16-17-18-19-20-21-22-23-24-25-27-29-31-33-41(45)50-38(36-48-35-34-39(42(46)47)43(3,4)5)37-49-40(44)32-30-28-26-13-11-9-7-2/h9,11,14-17,26,28,38-39H,6-8,10,12-13,18-25,27,29-37H2,1-5H3/b11-9+,15-14+,17-16+,28-26+. The summed E-state index contributed by atoms with van der Waals surface area (Å²) in [7, 11) is 5.37. The average Bonchev–Trinajstić information content (AvgIpc) is 3.06. The van der Waals surface area contributed by atoms with Gasteiger partial charge < -0.3 is 28.6 Å². The first-order valence-corrected chi connectivity index (χ1v) is 19.7. The molecular weight excluding hydrogens is 630 g/mol. The van der Waals surface area contributed by atoms with Crippen LogP contribution < -0.4 is 5.11 Å². The fraction of sp³-hybridized carbons (Fsp3) is 0.738. The maximum atomic E-state index is 12.6. The van der Waals surface area contributed by atoms with Gasteiger partial charge in [-0.15, -0.1) is 0 Å². The number of esters is 2. The van der Waals surface area contributed by atoms with Crippen molar-refractivity contribution >= 4 is 17.9 Å². The summed E-state index contributed by atoms with van der Waals surface area (Å²) in [4.78, 5) is 36.5. The second kappa shape index (κ2) is 33.4. The molecule has 0 aliphatic rings. The SMILES string of the molecule is CC/C=C/C/C=C/CCC(=O)OCC(COCCC(C(=O)[O-])[N+](C)(C)C)OC(=O)CCCCCCCCCCCC/C=C/C=C/CCCCC. The van der Waals surface area contributed by atoms with Gasteiger partial charge in [0, 0.05) is 19.3 Å². The van der Waals surface area contributed by atoms with Gasteiger partial charge in [0.2, 0.25) is 0 Å². The average molecular weight is 704 g/mol. The molecule has 0 aliphatic heterocycles. The highest BCUT2D eigenvalue weighted by atomic mass is 16.6. The minimum Gasteiger partial charge on any atom is -0.544 e. The van der Waals surface area contributed by atoms with Crippen molar-refractivity contribution < 1.29 is 38.2 Å². The summed E-state index contributed by atoms with van der Waals surface area (Å²) in [6, 6.07) is -0.732. The first-order chi connectivity index (χ1) is 24.1. The predicted molar refractivity (Wildman–Crippen MR) is 203 cm³/mol. The summed E-state index contributed by atoms with van der Waals surface area (Å²) in [5, 5.41) is 11.6. The minimum atomic E-state index is -1.14. The van der Waals surface area contributed by atoms with Gasteiger partial charge in [-0.3, -0.25) is 9.59 Å². The number of rotatable bonds is 34. The Hall–Kier alpha value is -2.71. The molecule has 0 aromatic heterocycles. The Labute approximate surface area is 306 Å². The van der Waals surface area contributed by atoms with Gasteiger partial charge in [-0.1, -0.05) is 127 Å². The van der Waals surface area contributed by atoms with Crippen molar-refractivity contribution in [1.29, 1.82) is 0 Å². The van der Waals surface area contributed by atoms with Gasteiger partial charge in [-0.2, -0.15) is 0 Å². The van der Waals surface area contributed by atoms with Gasteiger partial charge in [0.1, 0.15) is 12.6 Å². The third-order valence-electron chi connectivity index (χ3n) is 8.49. The molecule has 0 N–H and O–H groups in total. The largest absolute Gasteiger partial charge is 0.544 e. The van der Waals surface area contributed by atoms with E-state index in [4.69, 9.17) is 14.2 Å². The Morgan fingerprint density at radius 1 is 0.640 bits per heavy atom. The van der Waals surface area contributed by atoms with E-state index in [1.807, 2.05) is 12.2 Å². The van der Waals surface area contributed by atoms with Crippen LogP contribution in [0.3, 0.4) is 0 Å². The Kier molecular flexibility index (Phi) is 31.6. The molecule has 288 valence electrons. The molecule has 0 aliphatic carbocycles. The van der Waals surface area contributed by atoms with Crippen LogP contribution in [-0.4, -0.2) is 75.5 Å². The molecule has 0 heterocycles. The molecule has 0 fully saturated rings. The van der Waals surface area contributed by atoms with Crippen LogP contribution in [0.25, 0.3) is 0 Å². The van der Waals surface area contributed by atoms with Gasteiger partial charge >= 0.3 is 11.9 Å². The number of carboxylic acids is 1. The van der Waals surface area contributed by atoms with Crippen LogP contribution in [0.4, 0.5) is 0 Å². The molecule has 0 spiro atoms. The lowest BCUT2D eigenvalue weighted by molar-refractivity contribution is -0.889. The lowest BCUT2D eigenvalue weighted by Gasteiger charge is -2.34. The van der Waals surface area contributed by atoms with Crippen LogP contribution >= 0.6 is 0 Å². The lowest BCUT2D eigenvalue weighted by Crippen LogP contribution is -2.55. The van der Waals surface area contributed by atoms with Crippen molar-refractivity contribution in [2.75, 3.05) is 41.0 Å². The molecule has 8 heteroatoms. The monoisotopic (exact) mass is 704 g/mol. The summed E-state index contributed by atoms with van der Waals surface area (Å²) in [5.74, 6) is -1.84. The summed E-state index contributed by atoms with van der Waals surface area (Å²) < 4.78 is 17.0. The molecule has 0 saturated carbocycles. The van der Waals surface area contributed by atoms with Crippen LogP contribution in [0.5, 0.6) is 0 Å². The Morgan fingerprint density at radius 3 is 1.80 bits per heavy atom. The number of hydrogen-bond acceptors (Lipinski definition) is 7. The van der Waals surface area contributed by atoms with Crippen molar-refractivity contribution in [2.45, 2.75) is 161 Å². The van der Waals surface area contributed by atoms with Gasteiger partial charge in [-0.25, -0.2) is 0 Å². The van der Waals surface area contributed by atoms with E-state index in [9.17, 15) is 19.5 Å². The number of nitrogens with zero attached hydrogens (tertiary/aromatic N) is 1. The molecule has 0 radical (unpaired) electrons. The number of likely N-dealkylation sites (N-methyl/N-ethyl adjacent to an activating group) is 1. The normalized spacial score (nSPS) is 13.5. The molecule has 0 saturated heterocycles. The number of allylic oxidation sites excluding steroid dienone is 8. The highest BCUT2D eigenvalue weighted by molar-refractivity contribution is 5.70. The lowest BCUT2D eigenvalue weighted by atomic mass is 10.1. The minimum absolute atomic E-state index is 0.0207. The fourth-order valence-corrected chi connectivity index (χ4v) is 5.41. The summed E-state index contributed by atoms with van der Waals surface area (Å²) >= 11 is 0. The number of aliphatic carboxylic acids is 1. The zero-order valence-corrected chi connectivity index (χ0v) is 32.5. The molecule has 0 bridgehead atoms. The van der Waals surface area contributed by atoms with Crippen LogP contribution in [0.15, 0.2) is 48.6 Å². The van der Waals surface area contributed by atoms with Crippen molar-refractivity contribution in [1.82, 2.24) is 0 Å². The first kappa shape index (κ1) is 47.3. The van der Waals surface area contributed by atoms with E-state index in [2.05, 4.69) is 50.3 Å². The molecular formula is C42H73NO7. The fourth-order valence-electron chi connectivity index (χ4n) is 5.41. The maximum Gasteiger partial charge on any atom is 0.306 e. The topological polar surface area (TPSA) is 102 Å². The van der Waals surface area contributed by atoms with Gasteiger partial charge in [0.25, 0.3) is 0 Å². The van der Waals surface area contributed by atoms with E-state index in [-0.39, 0.29) is 49.1 Å². The number of carbonyl (C=O) groups is 3. The second-order valence-corrected chi connectivity index (χ2v) is 14.2. The smallest absolute Gasteiger partial charge is 0.306 e. The van der Waals surface area contributed by atoms with Crippen LogP contribution in [-0.2, 0) is 28.6 Å². The quantitative estimate of drug-likeness (QED) is 0.0217. The summed E-state index contributed by atoms with van der Waals surface area (Å²) in [6.07, 6.45) is 37.5. The Morgan fingerprint density at radius 2 is 1.22 bits per heavy atom. The third kappa shape index (κ3) is 31.3. The maximum absolute atomic E-state index is 12.6. The molecule has 50 heavy (non-hydrogen) atoms. The number of unbranched alkanes of at least 4 members (excludes halogenated alkanes) is 13. The van der Waals surface area contributed by atoms with E-state index in [0.717, 1.165) is 38.5 Å². The second-order valence-electron chi connectivity index (χ2n) is 14.2. The number of carbonyl (C=O) groups excluding carboxylic acids is 3. The van der Waals surface area contributed by atoms with E-state index >= 15 is 0 Å². The number of hydrogen-bond donors (Lipinski definition) is 0. The van der Waals surface area contributed by atoms with E-state index < -0.39 is 18.1 Å². The van der Waals surface area contributed by atoms with Gasteiger partial charge in [0.05, 0.1) is 40.3 Å². The van der Waals surface area contributed by atoms with Gasteiger partial charge in [0.15, 0.2) is 6.10 Å². The number of quaternary nitrogens is 1. The molecule has 0 aromatic rings. The highest BCUT2D eigenvalue weighted by Crippen LogP contribution is 2.13. The number of ether oxygens (including phenoxy) is 3. The molecule has 2 unspecified atom stereocenters. The zero-order valence-electron chi connectivity index (χ0n) is 32.5. The Bertz CT molecular complexity index is 964. The summed E-state index contributed by atoms with van der Waals surface area (Å²) in [5.41, 5.74) is 0. The highest BCUT2D eigenvalue weighted by Gasteiger charge is 2.25. The van der Waals surface area contributed by atoms with Crippen LogP contribution in [0.2, 0.25) is 0 Å². The zero-order chi connectivity index (χ0) is 37.1. The predicted octanol–water partition coefficient (Wildman–Crippen LogP) is 8.74.